The zero-order valence-electron chi connectivity index (χ0n) is 10.7. The lowest BCUT2D eigenvalue weighted by Gasteiger charge is -2.11. The Hall–Kier alpha value is -1.22. The van der Waals surface area contributed by atoms with Crippen LogP contribution in [0.4, 0.5) is 11.4 Å². The molecule has 0 saturated heterocycles. The van der Waals surface area contributed by atoms with E-state index >= 15 is 0 Å². The molecule has 0 aromatic heterocycles. The lowest BCUT2D eigenvalue weighted by molar-refractivity contribution is -0.117. The number of anilines is 2. The summed E-state index contributed by atoms with van der Waals surface area (Å²) in [4.78, 5) is 11.9. The van der Waals surface area contributed by atoms with Crippen LogP contribution in [0.3, 0.4) is 0 Å². The van der Waals surface area contributed by atoms with Crippen molar-refractivity contribution in [3.8, 4) is 0 Å². The van der Waals surface area contributed by atoms with E-state index in [0.717, 1.165) is 11.3 Å². The summed E-state index contributed by atoms with van der Waals surface area (Å²) < 4.78 is 0. The van der Waals surface area contributed by atoms with Crippen LogP contribution in [0.1, 0.15) is 37.7 Å². The molecule has 2 rings (SSSR count). The van der Waals surface area contributed by atoms with Crippen molar-refractivity contribution in [2.24, 2.45) is 5.92 Å². The largest absolute Gasteiger partial charge is 0.399 e. The molecule has 3 nitrogen and oxygen atoms in total. The molecule has 1 aromatic rings. The first-order valence-corrected chi connectivity index (χ1v) is 6.31. The number of nitrogen functional groups attached to an aromatic ring is 1. The molecule has 1 saturated carbocycles. The fraction of sp³-hybridized carbons (Fsp3) is 0.500. The third-order valence-corrected chi connectivity index (χ3v) is 3.48. The van der Waals surface area contributed by atoms with Crippen LogP contribution in [0.15, 0.2) is 18.2 Å². The molecule has 100 valence electrons. The fourth-order valence-electron chi connectivity index (χ4n) is 2.45. The van der Waals surface area contributed by atoms with Crippen LogP contribution in [0.25, 0.3) is 0 Å². The van der Waals surface area contributed by atoms with Crippen molar-refractivity contribution in [2.75, 3.05) is 11.1 Å². The Morgan fingerprint density at radius 2 is 2.06 bits per heavy atom. The van der Waals surface area contributed by atoms with Crippen molar-refractivity contribution >= 4 is 29.7 Å². The van der Waals surface area contributed by atoms with E-state index in [1.54, 1.807) is 0 Å². The minimum absolute atomic E-state index is 0. The predicted octanol–water partition coefficient (Wildman–Crippen LogP) is 3.52. The predicted molar refractivity (Wildman–Crippen MR) is 78.0 cm³/mol. The normalized spacial score (nSPS) is 15.2. The third-order valence-electron chi connectivity index (χ3n) is 3.48. The molecule has 18 heavy (non-hydrogen) atoms. The number of hydrogen-bond acceptors (Lipinski definition) is 2. The van der Waals surface area contributed by atoms with Gasteiger partial charge in [0.25, 0.3) is 0 Å². The first kappa shape index (κ1) is 14.8. The molecule has 3 N–H and O–H groups in total. The Morgan fingerprint density at radius 3 is 2.72 bits per heavy atom. The van der Waals surface area contributed by atoms with E-state index in [1.807, 2.05) is 25.1 Å². The molecule has 4 heteroatoms. The summed E-state index contributed by atoms with van der Waals surface area (Å²) in [6.45, 7) is 1.98. The summed E-state index contributed by atoms with van der Waals surface area (Å²) in [6, 6.07) is 5.60. The highest BCUT2D eigenvalue weighted by Crippen LogP contribution is 2.28. The van der Waals surface area contributed by atoms with Gasteiger partial charge in [-0.1, -0.05) is 18.9 Å². The minimum atomic E-state index is 0. The van der Waals surface area contributed by atoms with E-state index in [9.17, 15) is 4.79 Å². The van der Waals surface area contributed by atoms with Crippen LogP contribution in [-0.2, 0) is 4.79 Å². The number of rotatable bonds is 3. The van der Waals surface area contributed by atoms with Crippen molar-refractivity contribution < 1.29 is 4.79 Å². The molecule has 0 heterocycles. The lowest BCUT2D eigenvalue weighted by Crippen LogP contribution is -2.15. The molecule has 0 spiro atoms. The van der Waals surface area contributed by atoms with Crippen molar-refractivity contribution in [1.29, 1.82) is 0 Å². The van der Waals surface area contributed by atoms with Gasteiger partial charge in [0.2, 0.25) is 5.91 Å². The number of amides is 1. The highest BCUT2D eigenvalue weighted by molar-refractivity contribution is 5.92. The zero-order valence-corrected chi connectivity index (χ0v) is 11.6. The standard InChI is InChI=1S/C14H20N2O.ClH/c1-10-6-7-12(15)9-13(10)16-14(17)8-11-4-2-3-5-11;/h6-7,9,11H,2-5,8,15H2,1H3,(H,16,17);1H. The van der Waals surface area contributed by atoms with Crippen LogP contribution in [0.2, 0.25) is 0 Å². The highest BCUT2D eigenvalue weighted by Gasteiger charge is 2.18. The molecule has 1 aliphatic carbocycles. The monoisotopic (exact) mass is 268 g/mol. The van der Waals surface area contributed by atoms with Crippen molar-refractivity contribution in [3.63, 3.8) is 0 Å². The van der Waals surface area contributed by atoms with E-state index in [2.05, 4.69) is 5.32 Å². The fourth-order valence-corrected chi connectivity index (χ4v) is 2.45. The van der Waals surface area contributed by atoms with E-state index in [4.69, 9.17) is 5.73 Å². The van der Waals surface area contributed by atoms with E-state index < -0.39 is 0 Å². The Morgan fingerprint density at radius 1 is 1.39 bits per heavy atom. The summed E-state index contributed by atoms with van der Waals surface area (Å²) in [5.74, 6) is 0.696. The molecule has 1 aliphatic rings. The van der Waals surface area contributed by atoms with Gasteiger partial charge in [-0.2, -0.15) is 0 Å². The van der Waals surface area contributed by atoms with Crippen LogP contribution in [-0.4, -0.2) is 5.91 Å². The van der Waals surface area contributed by atoms with Crippen molar-refractivity contribution in [1.82, 2.24) is 0 Å². The van der Waals surface area contributed by atoms with Crippen LogP contribution in [0.5, 0.6) is 0 Å². The van der Waals surface area contributed by atoms with Gasteiger partial charge in [0, 0.05) is 17.8 Å². The van der Waals surface area contributed by atoms with Crippen LogP contribution in [0, 0.1) is 12.8 Å². The van der Waals surface area contributed by atoms with Gasteiger partial charge in [-0.05, 0) is 43.4 Å². The lowest BCUT2D eigenvalue weighted by atomic mass is 10.0. The maximum Gasteiger partial charge on any atom is 0.224 e. The summed E-state index contributed by atoms with van der Waals surface area (Å²) in [7, 11) is 0. The van der Waals surface area contributed by atoms with Gasteiger partial charge < -0.3 is 11.1 Å². The second-order valence-corrected chi connectivity index (χ2v) is 4.98. The Bertz CT molecular complexity index is 414. The smallest absolute Gasteiger partial charge is 0.224 e. The number of nitrogens with two attached hydrogens (primary N) is 1. The second-order valence-electron chi connectivity index (χ2n) is 4.98. The molecule has 0 unspecified atom stereocenters. The first-order chi connectivity index (χ1) is 8.15. The molecular formula is C14H21ClN2O. The van der Waals surface area contributed by atoms with Gasteiger partial charge in [-0.3, -0.25) is 4.79 Å². The number of carbonyl (C=O) groups is 1. The number of carbonyl (C=O) groups excluding carboxylic acids is 1. The van der Waals surface area contributed by atoms with Gasteiger partial charge in [0.15, 0.2) is 0 Å². The Kier molecular flexibility index (Phi) is 5.48. The van der Waals surface area contributed by atoms with Crippen LogP contribution < -0.4 is 11.1 Å². The number of hydrogen-bond donors (Lipinski definition) is 2. The quantitative estimate of drug-likeness (QED) is 0.824. The van der Waals surface area contributed by atoms with Gasteiger partial charge >= 0.3 is 0 Å². The average Bonchev–Trinajstić information content (AvgIpc) is 2.76. The molecule has 0 radical (unpaired) electrons. The summed E-state index contributed by atoms with van der Waals surface area (Å²) in [5.41, 5.74) is 8.30. The number of benzene rings is 1. The Balaban J connectivity index is 0.00000162. The Labute approximate surface area is 115 Å². The second kappa shape index (κ2) is 6.64. The number of aryl methyl sites for hydroxylation is 1. The molecule has 0 atom stereocenters. The topological polar surface area (TPSA) is 55.1 Å². The molecule has 1 aromatic carbocycles. The molecule has 0 bridgehead atoms. The summed E-state index contributed by atoms with van der Waals surface area (Å²) >= 11 is 0. The number of halogens is 1. The average molecular weight is 269 g/mol. The molecule has 1 fully saturated rings. The van der Waals surface area contributed by atoms with Gasteiger partial charge in [-0.15, -0.1) is 12.4 Å². The summed E-state index contributed by atoms with van der Waals surface area (Å²) in [6.07, 6.45) is 5.59. The van der Waals surface area contributed by atoms with Crippen molar-refractivity contribution in [2.45, 2.75) is 39.0 Å². The molecule has 1 amide bonds. The van der Waals surface area contributed by atoms with Gasteiger partial charge in [0.05, 0.1) is 0 Å². The maximum atomic E-state index is 11.9. The first-order valence-electron chi connectivity index (χ1n) is 6.31. The maximum absolute atomic E-state index is 11.9. The number of nitrogens with one attached hydrogen (secondary N) is 1. The van der Waals surface area contributed by atoms with E-state index in [-0.39, 0.29) is 18.3 Å². The molecule has 0 aliphatic heterocycles. The zero-order chi connectivity index (χ0) is 12.3. The van der Waals surface area contributed by atoms with E-state index in [0.29, 0.717) is 18.0 Å². The summed E-state index contributed by atoms with van der Waals surface area (Å²) in [5, 5.41) is 2.96. The van der Waals surface area contributed by atoms with Crippen molar-refractivity contribution in [3.05, 3.63) is 23.8 Å². The van der Waals surface area contributed by atoms with Gasteiger partial charge in [-0.25, -0.2) is 0 Å². The highest BCUT2D eigenvalue weighted by atomic mass is 35.5. The minimum Gasteiger partial charge on any atom is -0.399 e. The molecular weight excluding hydrogens is 248 g/mol. The SMILES string of the molecule is Cc1ccc(N)cc1NC(=O)CC1CCCC1.Cl. The van der Waals surface area contributed by atoms with Crippen LogP contribution >= 0.6 is 12.4 Å². The van der Waals surface area contributed by atoms with E-state index in [1.165, 1.54) is 25.7 Å². The third kappa shape index (κ3) is 3.91. The van der Waals surface area contributed by atoms with Gasteiger partial charge in [0.1, 0.15) is 0 Å².